The van der Waals surface area contributed by atoms with Crippen molar-refractivity contribution >= 4 is 35.2 Å². The zero-order valence-corrected chi connectivity index (χ0v) is 21.2. The normalized spacial score (nSPS) is 22.2. The summed E-state index contributed by atoms with van der Waals surface area (Å²) < 4.78 is -0.404. The Labute approximate surface area is 220 Å². The van der Waals surface area contributed by atoms with Gasteiger partial charge in [0.05, 0.1) is 11.3 Å². The monoisotopic (exact) mass is 536 g/mol. The van der Waals surface area contributed by atoms with E-state index >= 15 is 0 Å². The van der Waals surface area contributed by atoms with E-state index in [1.165, 1.54) is 24.3 Å². The Balaban J connectivity index is 1.30. The summed E-state index contributed by atoms with van der Waals surface area (Å²) in [6, 6.07) is 12.2. The van der Waals surface area contributed by atoms with E-state index in [2.05, 4.69) is 31.3 Å². The number of thioether (sulfide) groups is 1. The molecular weight excluding hydrogens is 512 g/mol. The number of carbonyl (C=O) groups is 3. The van der Waals surface area contributed by atoms with Crippen LogP contribution in [-0.4, -0.2) is 64.3 Å². The van der Waals surface area contributed by atoms with E-state index in [1.54, 1.807) is 47.0 Å². The van der Waals surface area contributed by atoms with Crippen LogP contribution in [0, 0.1) is 10.1 Å². The average Bonchev–Trinajstić information content (AvgIpc) is 3.50. The number of rotatable bonds is 8. The minimum absolute atomic E-state index is 0.0790. The molecule has 3 aromatic rings. The highest BCUT2D eigenvalue weighted by Crippen LogP contribution is 2.56. The summed E-state index contributed by atoms with van der Waals surface area (Å²) in [5, 5.41) is 30.1. The standard InChI is InChI=1S/C24H24N8O5S/c1-24(2)19(20-27-29-30-28-20)31-22(35)18(23(31)38-24)26-21(34)17(14-6-4-3-5-7-14)25-16(33)12-13-8-10-15(11-9-13)32(36)37/h3-11,17-19,23H,12H2,1-2H3,(H,25,33)(H,26,34)(H,27,28,29,30)/t17?,18?,19?,23-/m1/s1. The number of hydrogen-bond acceptors (Lipinski definition) is 9. The van der Waals surface area contributed by atoms with Crippen LogP contribution in [0.1, 0.15) is 42.9 Å². The minimum Gasteiger partial charge on any atom is -0.340 e. The maximum absolute atomic E-state index is 13.4. The molecule has 4 atom stereocenters. The first-order chi connectivity index (χ1) is 18.2. The smallest absolute Gasteiger partial charge is 0.269 e. The molecule has 13 nitrogen and oxygen atoms in total. The van der Waals surface area contributed by atoms with E-state index in [-0.39, 0.29) is 29.4 Å². The lowest BCUT2D eigenvalue weighted by Crippen LogP contribution is -2.68. The number of tetrazole rings is 1. The number of fused-ring (bicyclic) bond motifs is 1. The van der Waals surface area contributed by atoms with Crippen molar-refractivity contribution in [2.45, 2.75) is 48.5 Å². The number of nitro benzene ring substituents is 1. The van der Waals surface area contributed by atoms with E-state index in [0.717, 1.165) is 0 Å². The second kappa shape index (κ2) is 9.85. The SMILES string of the molecule is CC1(C)S[C@@H]2C(NC(=O)C(NC(=O)Cc3ccc([N+](=O)[O-])cc3)c3ccccc3)C(=O)N2C1c1nnn[nH]1. The van der Waals surface area contributed by atoms with Crippen LogP contribution in [0.2, 0.25) is 0 Å². The molecule has 2 aliphatic heterocycles. The molecule has 2 aromatic carbocycles. The zero-order valence-electron chi connectivity index (χ0n) is 20.4. The summed E-state index contributed by atoms with van der Waals surface area (Å²) in [6.45, 7) is 3.97. The van der Waals surface area contributed by atoms with Gasteiger partial charge >= 0.3 is 0 Å². The Kier molecular flexibility index (Phi) is 6.57. The predicted molar refractivity (Wildman–Crippen MR) is 135 cm³/mol. The molecule has 0 bridgehead atoms. The second-order valence-electron chi connectivity index (χ2n) is 9.54. The molecule has 0 radical (unpaired) electrons. The molecule has 38 heavy (non-hydrogen) atoms. The Morgan fingerprint density at radius 3 is 2.53 bits per heavy atom. The van der Waals surface area contributed by atoms with Crippen LogP contribution in [0.4, 0.5) is 5.69 Å². The topological polar surface area (TPSA) is 176 Å². The fraction of sp³-hybridized carbons (Fsp3) is 0.333. The average molecular weight is 537 g/mol. The van der Waals surface area contributed by atoms with Crippen molar-refractivity contribution in [1.29, 1.82) is 0 Å². The third kappa shape index (κ3) is 4.69. The Hall–Kier alpha value is -4.33. The molecule has 5 rings (SSSR count). The number of nitrogens with zero attached hydrogens (tertiary/aromatic N) is 5. The molecule has 196 valence electrons. The molecule has 0 aliphatic carbocycles. The summed E-state index contributed by atoms with van der Waals surface area (Å²) in [7, 11) is 0. The van der Waals surface area contributed by atoms with E-state index < -0.39 is 33.6 Å². The van der Waals surface area contributed by atoms with Gasteiger partial charge in [0.15, 0.2) is 5.82 Å². The third-order valence-electron chi connectivity index (χ3n) is 6.57. The largest absolute Gasteiger partial charge is 0.340 e. The van der Waals surface area contributed by atoms with Gasteiger partial charge in [0, 0.05) is 16.9 Å². The maximum atomic E-state index is 13.4. The number of hydrogen-bond donors (Lipinski definition) is 3. The van der Waals surface area contributed by atoms with E-state index in [1.807, 2.05) is 13.8 Å². The maximum Gasteiger partial charge on any atom is 0.269 e. The van der Waals surface area contributed by atoms with Crippen molar-refractivity contribution in [1.82, 2.24) is 36.2 Å². The molecular formula is C24H24N8O5S. The number of H-pyrrole nitrogens is 1. The van der Waals surface area contributed by atoms with E-state index in [0.29, 0.717) is 17.0 Å². The van der Waals surface area contributed by atoms with Crippen LogP contribution in [-0.2, 0) is 20.8 Å². The van der Waals surface area contributed by atoms with Crippen LogP contribution in [0.3, 0.4) is 0 Å². The van der Waals surface area contributed by atoms with Gasteiger partial charge in [0.1, 0.15) is 23.5 Å². The molecule has 1 aromatic heterocycles. The van der Waals surface area contributed by atoms with Crippen molar-refractivity contribution in [2.75, 3.05) is 0 Å². The quantitative estimate of drug-likeness (QED) is 0.218. The number of aromatic amines is 1. The zero-order chi connectivity index (χ0) is 27.0. The molecule has 0 spiro atoms. The van der Waals surface area contributed by atoms with Crippen LogP contribution in [0.15, 0.2) is 54.6 Å². The van der Waals surface area contributed by atoms with Crippen LogP contribution in [0.5, 0.6) is 0 Å². The molecule has 3 N–H and O–H groups in total. The highest BCUT2D eigenvalue weighted by Gasteiger charge is 2.63. The van der Waals surface area contributed by atoms with Crippen LogP contribution >= 0.6 is 11.8 Å². The fourth-order valence-electron chi connectivity index (χ4n) is 4.79. The fourth-order valence-corrected chi connectivity index (χ4v) is 6.42. The lowest BCUT2D eigenvalue weighted by Gasteiger charge is -2.44. The van der Waals surface area contributed by atoms with Crippen molar-refractivity contribution in [2.24, 2.45) is 0 Å². The highest BCUT2D eigenvalue weighted by molar-refractivity contribution is 8.01. The number of aromatic nitrogens is 4. The molecule has 2 fully saturated rings. The molecule has 3 amide bonds. The number of nitrogens with one attached hydrogen (secondary N) is 3. The molecule has 2 aliphatic rings. The van der Waals surface area contributed by atoms with E-state index in [4.69, 9.17) is 0 Å². The number of amides is 3. The first kappa shape index (κ1) is 25.3. The van der Waals surface area contributed by atoms with Gasteiger partial charge in [-0.3, -0.25) is 24.5 Å². The first-order valence-corrected chi connectivity index (χ1v) is 12.7. The Morgan fingerprint density at radius 2 is 1.89 bits per heavy atom. The van der Waals surface area contributed by atoms with Crippen molar-refractivity contribution in [3.05, 3.63) is 81.7 Å². The summed E-state index contributed by atoms with van der Waals surface area (Å²) in [6.07, 6.45) is -0.0791. The number of benzene rings is 2. The first-order valence-electron chi connectivity index (χ1n) is 11.8. The number of carbonyl (C=O) groups excluding carboxylic acids is 3. The number of β-lactam (4-membered cyclic amide) rings is 1. The van der Waals surface area contributed by atoms with Gasteiger partial charge in [0.2, 0.25) is 17.7 Å². The molecule has 14 heteroatoms. The van der Waals surface area contributed by atoms with Gasteiger partial charge in [-0.1, -0.05) is 42.5 Å². The van der Waals surface area contributed by atoms with Crippen LogP contribution in [0.25, 0.3) is 0 Å². The van der Waals surface area contributed by atoms with E-state index in [9.17, 15) is 24.5 Å². The lowest BCUT2D eigenvalue weighted by atomic mass is 9.95. The molecule has 2 saturated heterocycles. The van der Waals surface area contributed by atoms with Gasteiger partial charge in [0.25, 0.3) is 5.69 Å². The minimum atomic E-state index is -1.04. The summed E-state index contributed by atoms with van der Waals surface area (Å²) >= 11 is 1.54. The molecule has 0 saturated carbocycles. The van der Waals surface area contributed by atoms with Crippen LogP contribution < -0.4 is 10.6 Å². The second-order valence-corrected chi connectivity index (χ2v) is 11.3. The lowest BCUT2D eigenvalue weighted by molar-refractivity contribution is -0.384. The van der Waals surface area contributed by atoms with Crippen molar-refractivity contribution in [3.8, 4) is 0 Å². The van der Waals surface area contributed by atoms with Gasteiger partial charge in [-0.05, 0) is 35.4 Å². The number of non-ortho nitro benzene ring substituents is 1. The molecule has 3 unspecified atom stereocenters. The molecule has 3 heterocycles. The third-order valence-corrected chi connectivity index (χ3v) is 8.14. The summed E-state index contributed by atoms with van der Waals surface area (Å²) in [4.78, 5) is 51.5. The summed E-state index contributed by atoms with van der Waals surface area (Å²) in [5.74, 6) is -0.747. The van der Waals surface area contributed by atoms with Gasteiger partial charge in [-0.25, -0.2) is 5.10 Å². The van der Waals surface area contributed by atoms with Gasteiger partial charge in [-0.15, -0.1) is 16.9 Å². The Bertz CT molecular complexity index is 1370. The van der Waals surface area contributed by atoms with Gasteiger partial charge < -0.3 is 15.5 Å². The predicted octanol–water partition coefficient (Wildman–Crippen LogP) is 1.43. The Morgan fingerprint density at radius 1 is 1.18 bits per heavy atom. The van der Waals surface area contributed by atoms with Crippen molar-refractivity contribution < 1.29 is 19.3 Å². The summed E-state index contributed by atoms with van der Waals surface area (Å²) in [5.41, 5.74) is 1.03. The highest BCUT2D eigenvalue weighted by atomic mass is 32.2. The van der Waals surface area contributed by atoms with Gasteiger partial charge in [-0.2, -0.15) is 0 Å². The number of nitro groups is 1. The van der Waals surface area contributed by atoms with Crippen molar-refractivity contribution in [3.63, 3.8) is 0 Å².